The third-order valence-electron chi connectivity index (χ3n) is 1.34. The van der Waals surface area contributed by atoms with Crippen molar-refractivity contribution >= 4 is 28.9 Å². The van der Waals surface area contributed by atoms with E-state index in [0.29, 0.717) is 0 Å². The molecule has 0 heterocycles. The molecule has 0 saturated carbocycles. The highest BCUT2D eigenvalue weighted by Gasteiger charge is 2.22. The van der Waals surface area contributed by atoms with E-state index in [-0.39, 0.29) is 5.02 Å². The number of phenols is 2. The zero-order valence-electron chi connectivity index (χ0n) is 5.99. The molecular formula is C6H3Cl2NO4. The SMILES string of the molecule is O=[N+]([O-])c1cc(Cl)c(O)c(Cl)c1O. The molecule has 0 bridgehead atoms. The fourth-order valence-electron chi connectivity index (χ4n) is 0.725. The zero-order chi connectivity index (χ0) is 10.2. The lowest BCUT2D eigenvalue weighted by atomic mass is 10.3. The topological polar surface area (TPSA) is 83.6 Å². The van der Waals surface area contributed by atoms with Crippen LogP contribution in [0.15, 0.2) is 6.07 Å². The summed E-state index contributed by atoms with van der Waals surface area (Å²) in [7, 11) is 0. The summed E-state index contributed by atoms with van der Waals surface area (Å²) in [5.41, 5.74) is -0.646. The summed E-state index contributed by atoms with van der Waals surface area (Å²) in [6.07, 6.45) is 0. The number of nitro groups is 1. The molecule has 0 aliphatic carbocycles. The second-order valence-electron chi connectivity index (χ2n) is 2.15. The Bertz CT molecular complexity index is 379. The number of halogens is 2. The Hall–Kier alpha value is -1.20. The highest BCUT2D eigenvalue weighted by molar-refractivity contribution is 6.38. The molecule has 1 aromatic carbocycles. The van der Waals surface area contributed by atoms with Crippen LogP contribution in [0.25, 0.3) is 0 Å². The lowest BCUT2D eigenvalue weighted by molar-refractivity contribution is -0.385. The van der Waals surface area contributed by atoms with Gasteiger partial charge in [0.2, 0.25) is 5.75 Å². The quantitative estimate of drug-likeness (QED) is 0.566. The third kappa shape index (κ3) is 1.61. The molecule has 2 N–H and O–H groups in total. The predicted octanol–water partition coefficient (Wildman–Crippen LogP) is 2.31. The number of phenolic OH excluding ortho intramolecular Hbond substituents is 2. The number of rotatable bonds is 1. The monoisotopic (exact) mass is 223 g/mol. The van der Waals surface area contributed by atoms with Crippen LogP contribution >= 0.6 is 23.2 Å². The van der Waals surface area contributed by atoms with Gasteiger partial charge in [0.25, 0.3) is 0 Å². The molecule has 0 atom stereocenters. The number of hydrogen-bond acceptors (Lipinski definition) is 4. The van der Waals surface area contributed by atoms with Crippen LogP contribution in [0.2, 0.25) is 10.0 Å². The largest absolute Gasteiger partial charge is 0.505 e. The maximum absolute atomic E-state index is 10.3. The number of nitrogens with zero attached hydrogens (tertiary/aromatic N) is 1. The summed E-state index contributed by atoms with van der Waals surface area (Å²) >= 11 is 10.7. The molecule has 0 saturated heterocycles. The predicted molar refractivity (Wildman–Crippen MR) is 46.4 cm³/mol. The second kappa shape index (κ2) is 3.27. The van der Waals surface area contributed by atoms with Crippen molar-refractivity contribution in [2.24, 2.45) is 0 Å². The molecule has 0 aliphatic heterocycles. The first-order valence-electron chi connectivity index (χ1n) is 2.99. The number of aromatic hydroxyl groups is 2. The van der Waals surface area contributed by atoms with E-state index in [0.717, 1.165) is 6.07 Å². The minimum absolute atomic E-state index is 0.283. The average Bonchev–Trinajstić information content (AvgIpc) is 2.07. The van der Waals surface area contributed by atoms with Gasteiger partial charge in [0.1, 0.15) is 5.02 Å². The lowest BCUT2D eigenvalue weighted by Crippen LogP contribution is -1.89. The van der Waals surface area contributed by atoms with Gasteiger partial charge in [0.05, 0.1) is 9.95 Å². The summed E-state index contributed by atoms with van der Waals surface area (Å²) in [6, 6.07) is 0.818. The Kier molecular flexibility index (Phi) is 2.49. The maximum atomic E-state index is 10.3. The van der Waals surface area contributed by atoms with Crippen LogP contribution in [0.3, 0.4) is 0 Å². The van der Waals surface area contributed by atoms with Gasteiger partial charge in [0, 0.05) is 6.07 Å². The van der Waals surface area contributed by atoms with Crippen molar-refractivity contribution < 1.29 is 15.1 Å². The molecule has 0 amide bonds. The van der Waals surface area contributed by atoms with Crippen molar-refractivity contribution in [3.63, 3.8) is 0 Å². The molecule has 1 aromatic rings. The molecule has 0 fully saturated rings. The van der Waals surface area contributed by atoms with Gasteiger partial charge in [0.15, 0.2) is 5.75 Å². The normalized spacial score (nSPS) is 10.0. The van der Waals surface area contributed by atoms with Crippen LogP contribution < -0.4 is 0 Å². The van der Waals surface area contributed by atoms with E-state index in [1.54, 1.807) is 0 Å². The van der Waals surface area contributed by atoms with E-state index in [2.05, 4.69) is 0 Å². The van der Waals surface area contributed by atoms with Crippen molar-refractivity contribution in [2.45, 2.75) is 0 Å². The number of benzene rings is 1. The van der Waals surface area contributed by atoms with Gasteiger partial charge in [-0.1, -0.05) is 23.2 Å². The van der Waals surface area contributed by atoms with Gasteiger partial charge in [-0.3, -0.25) is 10.1 Å². The van der Waals surface area contributed by atoms with Gasteiger partial charge in [-0.25, -0.2) is 0 Å². The van der Waals surface area contributed by atoms with Gasteiger partial charge in [-0.05, 0) is 0 Å². The smallest absolute Gasteiger partial charge is 0.314 e. The summed E-state index contributed by atoms with van der Waals surface area (Å²) in [4.78, 5) is 9.43. The van der Waals surface area contributed by atoms with Gasteiger partial charge < -0.3 is 10.2 Å². The van der Waals surface area contributed by atoms with E-state index in [1.807, 2.05) is 0 Å². The molecule has 1 rings (SSSR count). The first-order valence-corrected chi connectivity index (χ1v) is 3.75. The standard InChI is InChI=1S/C6H3Cl2NO4/c7-2-1-3(9(12)13)6(11)4(8)5(2)10/h1,10-11H. The first-order chi connectivity index (χ1) is 5.95. The minimum atomic E-state index is -0.855. The molecule has 13 heavy (non-hydrogen) atoms. The van der Waals surface area contributed by atoms with Crippen molar-refractivity contribution in [3.05, 3.63) is 26.2 Å². The molecule has 0 unspecified atom stereocenters. The van der Waals surface area contributed by atoms with E-state index in [9.17, 15) is 10.1 Å². The summed E-state index contributed by atoms with van der Waals surface area (Å²) in [5.74, 6) is -1.37. The van der Waals surface area contributed by atoms with Crippen LogP contribution in [0.1, 0.15) is 0 Å². The van der Waals surface area contributed by atoms with Gasteiger partial charge >= 0.3 is 5.69 Å². The van der Waals surface area contributed by atoms with Crippen molar-refractivity contribution in [1.29, 1.82) is 0 Å². The molecule has 70 valence electrons. The van der Waals surface area contributed by atoms with E-state index in [1.165, 1.54) is 0 Å². The fourth-order valence-corrected chi connectivity index (χ4v) is 1.17. The Morgan fingerprint density at radius 1 is 1.31 bits per heavy atom. The maximum Gasteiger partial charge on any atom is 0.314 e. The molecule has 0 radical (unpaired) electrons. The molecule has 5 nitrogen and oxygen atoms in total. The van der Waals surface area contributed by atoms with Gasteiger partial charge in [-0.2, -0.15) is 0 Å². The van der Waals surface area contributed by atoms with E-state index in [4.69, 9.17) is 33.4 Å². The van der Waals surface area contributed by atoms with Crippen molar-refractivity contribution in [1.82, 2.24) is 0 Å². The molecule has 0 spiro atoms. The lowest BCUT2D eigenvalue weighted by Gasteiger charge is -2.02. The molecule has 0 aliphatic rings. The Morgan fingerprint density at radius 3 is 2.31 bits per heavy atom. The third-order valence-corrected chi connectivity index (χ3v) is 1.99. The Labute approximate surface area is 82.3 Å². The number of nitro benzene ring substituents is 1. The summed E-state index contributed by atoms with van der Waals surface area (Å²) in [6.45, 7) is 0. The fraction of sp³-hybridized carbons (Fsp3) is 0. The zero-order valence-corrected chi connectivity index (χ0v) is 7.50. The average molecular weight is 224 g/mol. The minimum Gasteiger partial charge on any atom is -0.505 e. The Morgan fingerprint density at radius 2 is 1.85 bits per heavy atom. The molecular weight excluding hydrogens is 221 g/mol. The van der Waals surface area contributed by atoms with Crippen LogP contribution in [-0.2, 0) is 0 Å². The molecule has 7 heteroatoms. The van der Waals surface area contributed by atoms with Crippen LogP contribution in [0, 0.1) is 10.1 Å². The number of hydrogen-bond donors (Lipinski definition) is 2. The summed E-state index contributed by atoms with van der Waals surface area (Å²) in [5, 5.41) is 27.6. The molecule has 0 aromatic heterocycles. The van der Waals surface area contributed by atoms with Gasteiger partial charge in [-0.15, -0.1) is 0 Å². The highest BCUT2D eigenvalue weighted by atomic mass is 35.5. The first kappa shape index (κ1) is 9.88. The van der Waals surface area contributed by atoms with E-state index < -0.39 is 27.1 Å². The Balaban J connectivity index is 3.50. The second-order valence-corrected chi connectivity index (χ2v) is 2.93. The van der Waals surface area contributed by atoms with Crippen molar-refractivity contribution in [3.8, 4) is 11.5 Å². The van der Waals surface area contributed by atoms with Crippen molar-refractivity contribution in [2.75, 3.05) is 0 Å². The van der Waals surface area contributed by atoms with Crippen LogP contribution in [0.5, 0.6) is 11.5 Å². The van der Waals surface area contributed by atoms with Crippen LogP contribution in [-0.4, -0.2) is 15.1 Å². The highest BCUT2D eigenvalue weighted by Crippen LogP contribution is 2.44. The van der Waals surface area contributed by atoms with Crippen LogP contribution in [0.4, 0.5) is 5.69 Å². The summed E-state index contributed by atoms with van der Waals surface area (Å²) < 4.78 is 0. The van der Waals surface area contributed by atoms with E-state index >= 15 is 0 Å².